The summed E-state index contributed by atoms with van der Waals surface area (Å²) in [7, 11) is 0. The van der Waals surface area contributed by atoms with E-state index in [1.54, 1.807) is 0 Å². The van der Waals surface area contributed by atoms with Crippen molar-refractivity contribution in [1.82, 2.24) is 10.3 Å². The first-order valence-corrected chi connectivity index (χ1v) is 13.6. The van der Waals surface area contributed by atoms with Crippen molar-refractivity contribution in [3.05, 3.63) is 59.3 Å². The van der Waals surface area contributed by atoms with Gasteiger partial charge >= 0.3 is 12.1 Å². The van der Waals surface area contributed by atoms with E-state index in [0.717, 1.165) is 63.0 Å². The van der Waals surface area contributed by atoms with Gasteiger partial charge in [-0.05, 0) is 80.4 Å². The van der Waals surface area contributed by atoms with Gasteiger partial charge in [0.1, 0.15) is 18.0 Å². The molecule has 3 N–H and O–H groups in total. The molecule has 0 saturated heterocycles. The van der Waals surface area contributed by atoms with Crippen molar-refractivity contribution in [2.24, 2.45) is 5.92 Å². The zero-order valence-corrected chi connectivity index (χ0v) is 21.2. The number of rotatable bonds is 11. The second-order valence-electron chi connectivity index (χ2n) is 10.6. The van der Waals surface area contributed by atoms with E-state index in [1.165, 1.54) is 17.5 Å². The summed E-state index contributed by atoms with van der Waals surface area (Å²) in [5, 5.41) is 15.4. The average Bonchev–Trinajstić information content (AvgIpc) is 2.86. The molecule has 2 fully saturated rings. The Morgan fingerprint density at radius 3 is 2.68 bits per heavy atom. The summed E-state index contributed by atoms with van der Waals surface area (Å²) < 4.78 is 11.3. The molecule has 2 saturated carbocycles. The Balaban J connectivity index is 0.949. The number of aryl methyl sites for hydroxylation is 2. The van der Waals surface area contributed by atoms with Crippen molar-refractivity contribution >= 4 is 17.9 Å². The van der Waals surface area contributed by atoms with Crippen molar-refractivity contribution in [2.75, 3.05) is 18.5 Å². The third-order valence-electron chi connectivity index (χ3n) is 7.94. The fraction of sp³-hybridized carbons (Fsp3) is 0.552. The Kier molecular flexibility index (Phi) is 8.24. The summed E-state index contributed by atoms with van der Waals surface area (Å²) in [6.45, 7) is 1.30. The van der Waals surface area contributed by atoms with Crippen LogP contribution in [-0.2, 0) is 27.1 Å². The number of ether oxygens (including phenoxy) is 2. The molecule has 2 aromatic rings. The second kappa shape index (κ2) is 11.9. The molecule has 198 valence electrons. The number of anilines is 1. The lowest BCUT2D eigenvalue weighted by Crippen LogP contribution is -2.45. The highest BCUT2D eigenvalue weighted by molar-refractivity contribution is 5.79. The maximum absolute atomic E-state index is 12.2. The van der Waals surface area contributed by atoms with Crippen LogP contribution in [0.25, 0.3) is 0 Å². The number of aliphatic carboxylic acids is 1. The van der Waals surface area contributed by atoms with Crippen LogP contribution in [0.5, 0.6) is 0 Å². The lowest BCUT2D eigenvalue weighted by Gasteiger charge is -2.36. The molecule has 37 heavy (non-hydrogen) atoms. The van der Waals surface area contributed by atoms with Gasteiger partial charge < -0.3 is 25.2 Å². The summed E-state index contributed by atoms with van der Waals surface area (Å²) in [6.07, 6.45) is 7.36. The Morgan fingerprint density at radius 1 is 1.08 bits per heavy atom. The third kappa shape index (κ3) is 6.80. The summed E-state index contributed by atoms with van der Waals surface area (Å²) in [6, 6.07) is 13.5. The van der Waals surface area contributed by atoms with E-state index in [4.69, 9.17) is 14.5 Å². The monoisotopic (exact) mass is 507 g/mol. The number of carbonyl (C=O) groups excluding carboxylic acids is 1. The van der Waals surface area contributed by atoms with Gasteiger partial charge in [-0.2, -0.15) is 0 Å². The number of aromatic nitrogens is 1. The Bertz CT molecular complexity index is 1070. The predicted molar refractivity (Wildman–Crippen MR) is 140 cm³/mol. The number of hydrogen-bond acceptors (Lipinski definition) is 6. The second-order valence-corrected chi connectivity index (χ2v) is 10.6. The zero-order chi connectivity index (χ0) is 25.6. The predicted octanol–water partition coefficient (Wildman–Crippen LogP) is 4.68. The molecular formula is C29H37N3O5. The van der Waals surface area contributed by atoms with Gasteiger partial charge in [-0.15, -0.1) is 0 Å². The maximum Gasteiger partial charge on any atom is 0.408 e. The molecule has 1 aliphatic heterocycles. The molecule has 1 atom stereocenters. The van der Waals surface area contributed by atoms with Crippen LogP contribution in [0.15, 0.2) is 42.5 Å². The van der Waals surface area contributed by atoms with E-state index in [1.807, 2.05) is 18.2 Å². The molecular weight excluding hydrogens is 470 g/mol. The molecule has 0 bridgehead atoms. The maximum atomic E-state index is 12.2. The number of carbonyl (C=O) groups is 2. The number of hydrogen-bond donors (Lipinski definition) is 3. The number of carboxylic acids is 1. The SMILES string of the molecule is O=C(NC(CCO[C@H]1C[C@H](CCc2ccc3c(n2)NCCC3)C1)C(=O)O)O[C@H]1C[C@@H](c2ccccc2)C1. The number of nitrogens with one attached hydrogen (secondary N) is 2. The summed E-state index contributed by atoms with van der Waals surface area (Å²) in [5.74, 6) is 0.976. The van der Waals surface area contributed by atoms with Crippen molar-refractivity contribution in [2.45, 2.75) is 82.0 Å². The van der Waals surface area contributed by atoms with Crippen LogP contribution in [0, 0.1) is 5.92 Å². The number of benzene rings is 1. The summed E-state index contributed by atoms with van der Waals surface area (Å²) >= 11 is 0. The van der Waals surface area contributed by atoms with Crippen LogP contribution in [0.3, 0.4) is 0 Å². The minimum atomic E-state index is -1.07. The van der Waals surface area contributed by atoms with E-state index in [0.29, 0.717) is 18.4 Å². The number of amides is 1. The summed E-state index contributed by atoms with van der Waals surface area (Å²) in [4.78, 5) is 28.6. The number of alkyl carbamates (subject to hydrolysis) is 1. The van der Waals surface area contributed by atoms with Gasteiger partial charge in [-0.3, -0.25) is 0 Å². The molecule has 1 aromatic heterocycles. The highest BCUT2D eigenvalue weighted by Crippen LogP contribution is 2.38. The smallest absolute Gasteiger partial charge is 0.408 e. The van der Waals surface area contributed by atoms with E-state index < -0.39 is 18.1 Å². The van der Waals surface area contributed by atoms with Gasteiger partial charge in [-0.25, -0.2) is 14.6 Å². The van der Waals surface area contributed by atoms with E-state index >= 15 is 0 Å². The fourth-order valence-electron chi connectivity index (χ4n) is 5.50. The van der Waals surface area contributed by atoms with Gasteiger partial charge in [0.25, 0.3) is 0 Å². The first kappa shape index (κ1) is 25.5. The minimum absolute atomic E-state index is 0.162. The molecule has 3 aliphatic rings. The van der Waals surface area contributed by atoms with Crippen molar-refractivity contribution in [3.8, 4) is 0 Å². The van der Waals surface area contributed by atoms with Crippen LogP contribution in [0.1, 0.15) is 67.7 Å². The summed E-state index contributed by atoms with van der Waals surface area (Å²) in [5.41, 5.74) is 3.70. The molecule has 0 radical (unpaired) electrons. The van der Waals surface area contributed by atoms with Crippen molar-refractivity contribution in [1.29, 1.82) is 0 Å². The average molecular weight is 508 g/mol. The van der Waals surface area contributed by atoms with Crippen LogP contribution in [0.2, 0.25) is 0 Å². The lowest BCUT2D eigenvalue weighted by atomic mass is 9.77. The fourth-order valence-corrected chi connectivity index (χ4v) is 5.50. The largest absolute Gasteiger partial charge is 0.480 e. The number of nitrogens with zero attached hydrogens (tertiary/aromatic N) is 1. The Morgan fingerprint density at radius 2 is 1.89 bits per heavy atom. The topological polar surface area (TPSA) is 110 Å². The van der Waals surface area contributed by atoms with Gasteiger partial charge in [0.2, 0.25) is 0 Å². The number of pyridine rings is 1. The molecule has 1 amide bonds. The number of carboxylic acid groups (broad SMARTS) is 1. The van der Waals surface area contributed by atoms with Crippen LogP contribution < -0.4 is 10.6 Å². The van der Waals surface area contributed by atoms with Crippen LogP contribution in [-0.4, -0.2) is 53.6 Å². The van der Waals surface area contributed by atoms with E-state index in [-0.39, 0.29) is 18.6 Å². The first-order chi connectivity index (χ1) is 18.0. The zero-order valence-electron chi connectivity index (χ0n) is 21.2. The van der Waals surface area contributed by atoms with Gasteiger partial charge in [0.15, 0.2) is 0 Å². The van der Waals surface area contributed by atoms with Crippen molar-refractivity contribution in [3.63, 3.8) is 0 Å². The lowest BCUT2D eigenvalue weighted by molar-refractivity contribution is -0.140. The van der Waals surface area contributed by atoms with Crippen LogP contribution in [0.4, 0.5) is 10.6 Å². The molecule has 8 heteroatoms. The van der Waals surface area contributed by atoms with Gasteiger partial charge in [-0.1, -0.05) is 36.4 Å². The Labute approximate surface area is 218 Å². The normalized spacial score (nSPS) is 25.0. The third-order valence-corrected chi connectivity index (χ3v) is 7.94. The molecule has 1 unspecified atom stereocenters. The van der Waals surface area contributed by atoms with Crippen LogP contribution >= 0.6 is 0 Å². The molecule has 5 rings (SSSR count). The van der Waals surface area contributed by atoms with Gasteiger partial charge in [0, 0.05) is 25.3 Å². The van der Waals surface area contributed by atoms with Crippen molar-refractivity contribution < 1.29 is 24.2 Å². The molecule has 2 aliphatic carbocycles. The number of fused-ring (bicyclic) bond motifs is 1. The highest BCUT2D eigenvalue weighted by Gasteiger charge is 2.34. The van der Waals surface area contributed by atoms with Gasteiger partial charge in [0.05, 0.1) is 6.10 Å². The van der Waals surface area contributed by atoms with E-state index in [9.17, 15) is 14.7 Å². The quantitative estimate of drug-likeness (QED) is 0.405. The highest BCUT2D eigenvalue weighted by atomic mass is 16.6. The Hall–Kier alpha value is -3.13. The molecule has 2 heterocycles. The molecule has 8 nitrogen and oxygen atoms in total. The molecule has 1 aromatic carbocycles. The minimum Gasteiger partial charge on any atom is -0.480 e. The first-order valence-electron chi connectivity index (χ1n) is 13.6. The van der Waals surface area contributed by atoms with E-state index in [2.05, 4.69) is 34.9 Å². The standard InChI is InChI=1S/C29H37N3O5/c33-28(34)26(32-29(35)37-25-17-22(18-25)20-5-2-1-3-6-20)12-14-36-24-15-19(16-24)8-10-23-11-9-21-7-4-13-30-27(21)31-23/h1-3,5-6,9,11,19,22,24-26H,4,7-8,10,12-18H2,(H,30,31)(H,32,35)(H,33,34)/t19-,22-,24-,25+,26?. The molecule has 0 spiro atoms.